The van der Waals surface area contributed by atoms with E-state index in [1.165, 1.54) is 11.3 Å². The molecule has 134 valence electrons. The van der Waals surface area contributed by atoms with Crippen molar-refractivity contribution in [1.29, 1.82) is 0 Å². The van der Waals surface area contributed by atoms with Crippen molar-refractivity contribution in [2.75, 3.05) is 0 Å². The first-order chi connectivity index (χ1) is 11.6. The number of carboxylic acids is 1. The first-order valence-electron chi connectivity index (χ1n) is 8.15. The third-order valence-electron chi connectivity index (χ3n) is 4.92. The molecular weight excluding hydrogens is 404 g/mol. The van der Waals surface area contributed by atoms with Crippen molar-refractivity contribution in [3.63, 3.8) is 0 Å². The molecule has 7 heteroatoms. The van der Waals surface area contributed by atoms with Crippen molar-refractivity contribution in [3.8, 4) is 10.6 Å². The average molecular weight is 424 g/mol. The zero-order valence-electron chi connectivity index (χ0n) is 14.4. The Bertz CT molecular complexity index is 800. The van der Waals surface area contributed by atoms with Gasteiger partial charge in [0.15, 0.2) is 0 Å². The van der Waals surface area contributed by atoms with Gasteiger partial charge in [0.05, 0.1) is 10.6 Å². The Labute approximate surface area is 159 Å². The largest absolute Gasteiger partial charge is 0.550 e. The molecule has 1 aliphatic rings. The topological polar surface area (TPSA) is 86.1 Å². The third-order valence-corrected chi connectivity index (χ3v) is 6.54. The number of carboxylic acid groups (broad SMARTS) is 1. The van der Waals surface area contributed by atoms with Gasteiger partial charge in [-0.25, -0.2) is 9.97 Å². The third kappa shape index (κ3) is 3.64. The van der Waals surface area contributed by atoms with E-state index >= 15 is 0 Å². The van der Waals surface area contributed by atoms with E-state index in [1.54, 1.807) is 6.20 Å². The minimum atomic E-state index is -1.11. The average Bonchev–Trinajstić information content (AvgIpc) is 2.95. The molecule has 0 aliphatic heterocycles. The fourth-order valence-corrected chi connectivity index (χ4v) is 5.26. The minimum absolute atomic E-state index is 0.344. The Hall–Kier alpha value is -1.31. The van der Waals surface area contributed by atoms with E-state index in [1.807, 2.05) is 32.9 Å². The number of pyridine rings is 1. The molecule has 0 saturated heterocycles. The molecule has 2 atom stereocenters. The highest BCUT2D eigenvalue weighted by molar-refractivity contribution is 9.10. The van der Waals surface area contributed by atoms with Crippen LogP contribution in [0.4, 0.5) is 0 Å². The number of hydrogen-bond donors (Lipinski definition) is 1. The number of hydrogen-bond acceptors (Lipinski definition) is 6. The van der Waals surface area contributed by atoms with E-state index in [2.05, 4.69) is 25.9 Å². The highest BCUT2D eigenvalue weighted by atomic mass is 79.9. The van der Waals surface area contributed by atoms with Gasteiger partial charge in [0.25, 0.3) is 0 Å². The van der Waals surface area contributed by atoms with E-state index in [0.29, 0.717) is 24.3 Å². The summed E-state index contributed by atoms with van der Waals surface area (Å²) >= 11 is 4.81. The summed E-state index contributed by atoms with van der Waals surface area (Å²) in [5.74, 6) is -1.60. The SMILES string of the molecule is Cc1cc(Br)nc(-c2cnc(C3(O)CCC(C(=O)[O-])C(C)(C)C3)s2)c1. The number of thiazole rings is 1. The van der Waals surface area contributed by atoms with E-state index in [4.69, 9.17) is 0 Å². The molecule has 1 N–H and O–H groups in total. The summed E-state index contributed by atoms with van der Waals surface area (Å²) in [6, 6.07) is 3.91. The van der Waals surface area contributed by atoms with Crippen LogP contribution in [-0.2, 0) is 10.4 Å². The second-order valence-electron chi connectivity index (χ2n) is 7.49. The minimum Gasteiger partial charge on any atom is -0.550 e. The molecule has 1 aliphatic carbocycles. The fraction of sp³-hybridized carbons (Fsp3) is 0.500. The zero-order valence-corrected chi connectivity index (χ0v) is 16.8. The zero-order chi connectivity index (χ0) is 18.4. The molecule has 2 heterocycles. The smallest absolute Gasteiger partial charge is 0.125 e. The van der Waals surface area contributed by atoms with Crippen LogP contribution in [0.15, 0.2) is 22.9 Å². The number of nitrogens with zero attached hydrogens (tertiary/aromatic N) is 2. The monoisotopic (exact) mass is 423 g/mol. The molecule has 2 aromatic rings. The van der Waals surface area contributed by atoms with Crippen LogP contribution in [0, 0.1) is 18.3 Å². The van der Waals surface area contributed by atoms with Crippen LogP contribution in [0.3, 0.4) is 0 Å². The molecule has 3 rings (SSSR count). The second-order valence-corrected chi connectivity index (χ2v) is 9.33. The van der Waals surface area contributed by atoms with Crippen molar-refractivity contribution in [3.05, 3.63) is 33.5 Å². The van der Waals surface area contributed by atoms with Crippen LogP contribution in [0.5, 0.6) is 0 Å². The number of aryl methyl sites for hydroxylation is 1. The number of carbonyl (C=O) groups is 1. The maximum Gasteiger partial charge on any atom is 0.125 e. The first kappa shape index (κ1) is 18.5. The molecule has 2 unspecified atom stereocenters. The lowest BCUT2D eigenvalue weighted by molar-refractivity contribution is -0.317. The number of aromatic nitrogens is 2. The van der Waals surface area contributed by atoms with E-state index in [0.717, 1.165) is 20.7 Å². The van der Waals surface area contributed by atoms with Gasteiger partial charge in [-0.15, -0.1) is 11.3 Å². The van der Waals surface area contributed by atoms with Crippen molar-refractivity contribution in [2.24, 2.45) is 11.3 Å². The van der Waals surface area contributed by atoms with Gasteiger partial charge < -0.3 is 15.0 Å². The van der Waals surface area contributed by atoms with Gasteiger partial charge in [-0.05, 0) is 65.2 Å². The van der Waals surface area contributed by atoms with Gasteiger partial charge in [-0.1, -0.05) is 13.8 Å². The van der Waals surface area contributed by atoms with E-state index in [-0.39, 0.29) is 0 Å². The number of halogens is 1. The molecule has 1 saturated carbocycles. The molecule has 2 aromatic heterocycles. The summed E-state index contributed by atoms with van der Waals surface area (Å²) in [5.41, 5.74) is 0.227. The summed E-state index contributed by atoms with van der Waals surface area (Å²) in [6.07, 6.45) is 2.82. The summed E-state index contributed by atoms with van der Waals surface area (Å²) in [5, 5.41) is 23.1. The molecule has 25 heavy (non-hydrogen) atoms. The van der Waals surface area contributed by atoms with E-state index < -0.39 is 22.9 Å². The lowest BCUT2D eigenvalue weighted by atomic mass is 9.63. The molecule has 1 fully saturated rings. The molecular formula is C18H20BrN2O3S-. The predicted octanol–water partition coefficient (Wildman–Crippen LogP) is 3.04. The van der Waals surface area contributed by atoms with Crippen LogP contribution in [0.1, 0.15) is 43.7 Å². The van der Waals surface area contributed by atoms with Gasteiger partial charge in [0, 0.05) is 18.1 Å². The lowest BCUT2D eigenvalue weighted by Crippen LogP contribution is -2.48. The lowest BCUT2D eigenvalue weighted by Gasteiger charge is -2.46. The highest BCUT2D eigenvalue weighted by Crippen LogP contribution is 2.50. The Morgan fingerprint density at radius 1 is 1.44 bits per heavy atom. The number of rotatable bonds is 3. The fourth-order valence-electron chi connectivity index (χ4n) is 3.72. The predicted molar refractivity (Wildman–Crippen MR) is 97.8 cm³/mol. The molecule has 5 nitrogen and oxygen atoms in total. The van der Waals surface area contributed by atoms with Gasteiger partial charge in [0.1, 0.15) is 15.2 Å². The van der Waals surface area contributed by atoms with Crippen molar-refractivity contribution < 1.29 is 15.0 Å². The molecule has 0 bridgehead atoms. The van der Waals surface area contributed by atoms with Crippen molar-refractivity contribution in [2.45, 2.75) is 45.6 Å². The summed E-state index contributed by atoms with van der Waals surface area (Å²) in [4.78, 5) is 21.1. The quantitative estimate of drug-likeness (QED) is 0.766. The van der Waals surface area contributed by atoms with Crippen LogP contribution < -0.4 is 5.11 Å². The molecule has 0 amide bonds. The van der Waals surface area contributed by atoms with Crippen LogP contribution in [-0.4, -0.2) is 21.0 Å². The summed E-state index contributed by atoms with van der Waals surface area (Å²) < 4.78 is 0.756. The van der Waals surface area contributed by atoms with Crippen LogP contribution >= 0.6 is 27.3 Å². The molecule has 0 spiro atoms. The molecule has 0 radical (unpaired) electrons. The van der Waals surface area contributed by atoms with Gasteiger partial charge in [-0.3, -0.25) is 0 Å². The van der Waals surface area contributed by atoms with Crippen LogP contribution in [0.25, 0.3) is 10.6 Å². The standard InChI is InChI=1S/C18H21BrN2O3S/c1-10-6-12(21-14(19)7-10)13-8-20-16(25-13)18(24)5-4-11(15(22)23)17(2,3)9-18/h6-8,11,24H,4-5,9H2,1-3H3,(H,22,23)/p-1. The first-order valence-corrected chi connectivity index (χ1v) is 9.76. The number of carbonyl (C=O) groups excluding carboxylic acids is 1. The maximum absolute atomic E-state index is 11.4. The summed E-state index contributed by atoms with van der Waals surface area (Å²) in [6.45, 7) is 5.73. The Morgan fingerprint density at radius 3 is 2.76 bits per heavy atom. The Kier molecular flexibility index (Phi) is 4.77. The van der Waals surface area contributed by atoms with Crippen molar-refractivity contribution >= 4 is 33.2 Å². The molecule has 0 aromatic carbocycles. The van der Waals surface area contributed by atoms with Gasteiger partial charge in [-0.2, -0.15) is 0 Å². The second kappa shape index (κ2) is 6.45. The van der Waals surface area contributed by atoms with E-state index in [9.17, 15) is 15.0 Å². The normalized spacial score (nSPS) is 25.7. The Morgan fingerprint density at radius 2 is 2.16 bits per heavy atom. The maximum atomic E-state index is 11.4. The number of aliphatic hydroxyl groups is 1. The van der Waals surface area contributed by atoms with Crippen molar-refractivity contribution in [1.82, 2.24) is 9.97 Å². The Balaban J connectivity index is 1.90. The van der Waals surface area contributed by atoms with Gasteiger partial charge >= 0.3 is 0 Å². The summed E-state index contributed by atoms with van der Waals surface area (Å²) in [7, 11) is 0. The highest BCUT2D eigenvalue weighted by Gasteiger charge is 2.47. The van der Waals surface area contributed by atoms with Gasteiger partial charge in [0.2, 0.25) is 0 Å². The van der Waals surface area contributed by atoms with Crippen LogP contribution in [0.2, 0.25) is 0 Å². The number of aliphatic carboxylic acids is 1.